The van der Waals surface area contributed by atoms with Gasteiger partial charge in [-0.1, -0.05) is 14.9 Å². The van der Waals surface area contributed by atoms with Crippen LogP contribution in [0.3, 0.4) is 0 Å². The second-order valence-electron chi connectivity index (χ2n) is 10.6. The van der Waals surface area contributed by atoms with Gasteiger partial charge in [0.1, 0.15) is 11.6 Å². The van der Waals surface area contributed by atoms with E-state index in [1.165, 1.54) is 24.3 Å². The van der Waals surface area contributed by atoms with Crippen LogP contribution in [-0.4, -0.2) is 109 Å². The van der Waals surface area contributed by atoms with Crippen molar-refractivity contribution < 1.29 is 38.4 Å². The molecule has 0 aromatic heterocycles. The summed E-state index contributed by atoms with van der Waals surface area (Å²) in [5.41, 5.74) is 0. The minimum absolute atomic E-state index is 0. The molecule has 0 aliphatic carbocycles. The molecule has 2 aliphatic heterocycles. The molecule has 0 bridgehead atoms. The number of carbonyl (C=O) groups excluding carboxylic acids is 8. The third kappa shape index (κ3) is 22.7. The van der Waals surface area contributed by atoms with Crippen LogP contribution in [0.4, 0.5) is 0 Å². The van der Waals surface area contributed by atoms with Gasteiger partial charge in [0.25, 0.3) is 23.6 Å². The molecule has 0 aromatic rings. The Balaban J connectivity index is -0.000000769. The van der Waals surface area contributed by atoms with E-state index in [-0.39, 0.29) is 99.9 Å². The number of rotatable bonds is 21. The molecule has 0 saturated carbocycles. The number of amides is 6. The minimum Gasteiger partial charge on any atom is -0.356 e. The van der Waals surface area contributed by atoms with Crippen LogP contribution < -0.4 is 21.3 Å². The third-order valence-corrected chi connectivity index (χ3v) is 9.79. The smallest absolute Gasteiger partial charge is 0.253 e. The molecule has 14 nitrogen and oxygen atoms in total. The number of nitrogens with zero attached hydrogens (tertiary/aromatic N) is 2. The summed E-state index contributed by atoms with van der Waals surface area (Å²) in [6.45, 7) is 4.35. The maximum atomic E-state index is 11.6. The molecular formula is C32H54N6O8P2S2. The van der Waals surface area contributed by atoms with Crippen molar-refractivity contribution in [3.05, 3.63) is 24.3 Å². The summed E-state index contributed by atoms with van der Waals surface area (Å²) in [6.07, 6.45) is 9.71. The first-order valence-corrected chi connectivity index (χ1v) is 20.0. The van der Waals surface area contributed by atoms with E-state index in [9.17, 15) is 38.4 Å². The summed E-state index contributed by atoms with van der Waals surface area (Å²) in [5, 5.41) is 11.4. The molecule has 2 aliphatic rings. The maximum absolute atomic E-state index is 11.6. The van der Waals surface area contributed by atoms with Crippen molar-refractivity contribution in [2.45, 2.75) is 92.2 Å². The molecule has 0 spiro atoms. The number of hydrogen-bond acceptors (Lipinski definition) is 12. The van der Waals surface area contributed by atoms with E-state index in [1.54, 1.807) is 27.9 Å². The molecule has 0 saturated heterocycles. The van der Waals surface area contributed by atoms with Gasteiger partial charge in [-0.25, -0.2) is 0 Å². The molecule has 2 unspecified atom stereocenters. The molecular weight excluding hydrogens is 722 g/mol. The highest BCUT2D eigenvalue weighted by Gasteiger charge is 2.24. The van der Waals surface area contributed by atoms with Crippen molar-refractivity contribution in [2.75, 3.05) is 40.3 Å². The number of carbonyl (C=O) groups is 8. The number of nitrogens with one attached hydrogen (secondary N) is 4. The van der Waals surface area contributed by atoms with E-state index >= 15 is 0 Å². The predicted molar refractivity (Wildman–Crippen MR) is 204 cm³/mol. The second-order valence-corrected chi connectivity index (χ2v) is 14.8. The summed E-state index contributed by atoms with van der Waals surface area (Å²) in [4.78, 5) is 93.0. The van der Waals surface area contributed by atoms with Gasteiger partial charge in [-0.05, 0) is 90.1 Å². The van der Waals surface area contributed by atoms with E-state index in [4.69, 9.17) is 0 Å². The summed E-state index contributed by atoms with van der Waals surface area (Å²) in [6, 6.07) is -0.259. The number of ketones is 2. The van der Waals surface area contributed by atoms with Gasteiger partial charge >= 0.3 is 0 Å². The quantitative estimate of drug-likeness (QED) is 0.0759. The predicted octanol–water partition coefficient (Wildman–Crippen LogP) is 2.52. The summed E-state index contributed by atoms with van der Waals surface area (Å²) in [7, 11) is 5.24. The Morgan fingerprint density at radius 2 is 0.920 bits per heavy atom. The molecule has 0 radical (unpaired) electrons. The van der Waals surface area contributed by atoms with Crippen molar-refractivity contribution in [1.82, 2.24) is 31.1 Å². The highest BCUT2D eigenvalue weighted by molar-refractivity contribution is 8.40. The van der Waals surface area contributed by atoms with Gasteiger partial charge in [0, 0.05) is 77.4 Å². The van der Waals surface area contributed by atoms with Crippen molar-refractivity contribution >= 4 is 84.7 Å². The van der Waals surface area contributed by atoms with Gasteiger partial charge < -0.3 is 21.3 Å². The molecule has 6 amide bonds. The van der Waals surface area contributed by atoms with Crippen LogP contribution in [0.25, 0.3) is 0 Å². The Morgan fingerprint density at radius 3 is 1.16 bits per heavy atom. The number of unbranched alkanes of at least 4 members (excludes halogenated alkanes) is 2. The normalized spacial score (nSPS) is 14.2. The zero-order chi connectivity index (χ0) is 36.5. The van der Waals surface area contributed by atoms with Crippen LogP contribution in [0.5, 0.6) is 0 Å². The van der Waals surface area contributed by atoms with Crippen LogP contribution in [0.15, 0.2) is 24.3 Å². The largest absolute Gasteiger partial charge is 0.356 e. The Bertz CT molecular complexity index is 1110. The van der Waals surface area contributed by atoms with Crippen molar-refractivity contribution in [3.8, 4) is 0 Å². The molecule has 0 fully saturated rings. The fourth-order valence-corrected chi connectivity index (χ4v) is 4.41. The summed E-state index contributed by atoms with van der Waals surface area (Å²) >= 11 is 8.82. The van der Waals surface area contributed by atoms with Crippen molar-refractivity contribution in [3.63, 3.8) is 0 Å². The molecule has 282 valence electrons. The first-order valence-electron chi connectivity index (χ1n) is 15.4. The van der Waals surface area contributed by atoms with E-state index in [0.29, 0.717) is 13.1 Å². The van der Waals surface area contributed by atoms with Gasteiger partial charge in [0.15, 0.2) is 0 Å². The van der Waals surface area contributed by atoms with E-state index < -0.39 is 0 Å². The number of hydrogen-bond donors (Lipinski definition) is 4. The lowest BCUT2D eigenvalue weighted by Crippen LogP contribution is -2.35. The lowest BCUT2D eigenvalue weighted by Gasteiger charge is -2.14. The van der Waals surface area contributed by atoms with Gasteiger partial charge in [-0.3, -0.25) is 48.2 Å². The number of likely N-dealkylation sites (N-methyl/N-ethyl adjacent to an activating group) is 2. The number of imide groups is 2. The Morgan fingerprint density at radius 1 is 0.620 bits per heavy atom. The fourth-order valence-electron chi connectivity index (χ4n) is 4.41. The molecule has 18 heteroatoms. The molecule has 2 rings (SSSR count). The maximum Gasteiger partial charge on any atom is 0.253 e. The summed E-state index contributed by atoms with van der Waals surface area (Å²) < 4.78 is 0. The van der Waals surface area contributed by atoms with Gasteiger partial charge in [-0.2, -0.15) is 0 Å². The van der Waals surface area contributed by atoms with Crippen molar-refractivity contribution in [2.24, 2.45) is 0 Å². The van der Waals surface area contributed by atoms with Crippen LogP contribution in [0.1, 0.15) is 80.1 Å². The van der Waals surface area contributed by atoms with E-state index in [1.807, 2.05) is 0 Å². The zero-order valence-corrected chi connectivity index (χ0v) is 31.2. The average Bonchev–Trinajstić information content (AvgIpc) is 3.55. The highest BCUT2D eigenvalue weighted by Crippen LogP contribution is 2.10. The zero-order valence-electron chi connectivity index (χ0n) is 27.8. The first kappa shape index (κ1) is 51.4. The molecule has 50 heavy (non-hydrogen) atoms. The standard InChI is InChI=1S/2C15H23N3O4.2CH4.P2S2/c2*1-11(19)12(16-2)5-3-4-9-17-13(20)8-10-18-14(21)6-7-15(18)22;;;3-1-2-4/h2*6-7,12,16H,3-5,8-10H2,1-2H3,(H,17,20);2*1H4;. The molecule has 0 aromatic carbocycles. The van der Waals surface area contributed by atoms with Crippen LogP contribution in [-0.2, 0) is 62.0 Å². The molecule has 4 N–H and O–H groups in total. The lowest BCUT2D eigenvalue weighted by atomic mass is 10.1. The topological polar surface area (TPSA) is 191 Å². The Hall–Kier alpha value is -3.00. The van der Waals surface area contributed by atoms with Crippen molar-refractivity contribution in [1.29, 1.82) is 0 Å². The van der Waals surface area contributed by atoms with Crippen LogP contribution >= 0.6 is 14.1 Å². The summed E-state index contributed by atoms with van der Waals surface area (Å²) in [5.74, 6) is -1.66. The number of Topliss-reactive ketones (excluding diaryl/α,β-unsaturated/α-hetero) is 2. The Labute approximate surface area is 309 Å². The van der Waals surface area contributed by atoms with Crippen LogP contribution in [0, 0.1) is 0 Å². The second kappa shape index (κ2) is 30.8. The molecule has 2 atom stereocenters. The first-order chi connectivity index (χ1) is 22.8. The SMILES string of the molecule is C.C.CNC(CCCCNC(=O)CCN1C(=O)C=CC1=O)C(C)=O.CNC(CCCCNC(=O)CCN1C(=O)C=CC1=O)C(C)=O.S=PP=S. The molecule has 2 heterocycles. The monoisotopic (exact) mass is 776 g/mol. The van der Waals surface area contributed by atoms with Gasteiger partial charge in [0.05, 0.1) is 12.1 Å². The third-order valence-electron chi connectivity index (χ3n) is 7.12. The van der Waals surface area contributed by atoms with Gasteiger partial charge in [0.2, 0.25) is 11.8 Å². The lowest BCUT2D eigenvalue weighted by molar-refractivity contribution is -0.139. The van der Waals surface area contributed by atoms with E-state index in [0.717, 1.165) is 62.4 Å². The van der Waals surface area contributed by atoms with E-state index in [2.05, 4.69) is 44.9 Å². The highest BCUT2D eigenvalue weighted by atomic mass is 32.7. The average molecular weight is 777 g/mol. The van der Waals surface area contributed by atoms with Crippen LogP contribution in [0.2, 0.25) is 0 Å². The fraction of sp³-hybridized carbons (Fsp3) is 0.625. The minimum atomic E-state index is -0.375. The Kier molecular flexibility index (Phi) is 31.6. The van der Waals surface area contributed by atoms with Gasteiger partial charge in [-0.15, -0.1) is 0 Å².